The summed E-state index contributed by atoms with van der Waals surface area (Å²) in [5, 5.41) is 7.15. The molecule has 196 valence electrons. The Morgan fingerprint density at radius 2 is 0.872 bits per heavy atom. The fourth-order valence-electron chi connectivity index (χ4n) is 4.73. The van der Waals surface area contributed by atoms with E-state index in [0.717, 1.165) is 50.9 Å². The number of hydrogen-bond acceptors (Lipinski definition) is 5. The quantitative estimate of drug-likeness (QED) is 0.159. The molecule has 5 nitrogen and oxygen atoms in total. The molecule has 0 heterocycles. The van der Waals surface area contributed by atoms with Gasteiger partial charge >= 0.3 is 0 Å². The van der Waals surface area contributed by atoms with Crippen molar-refractivity contribution in [3.8, 4) is 0 Å². The van der Waals surface area contributed by atoms with Crippen LogP contribution in [-0.4, -0.2) is 0 Å². The first-order valence-corrected chi connectivity index (χ1v) is 13.3. The highest BCUT2D eigenvalue weighted by Gasteiger charge is 2.17. The number of para-hydroxylation sites is 3. The van der Waals surface area contributed by atoms with Gasteiger partial charge in [0.2, 0.25) is 0 Å². The van der Waals surface area contributed by atoms with Gasteiger partial charge < -0.3 is 27.0 Å². The third kappa shape index (κ3) is 6.12. The van der Waals surface area contributed by atoms with E-state index in [9.17, 15) is 0 Å². The second-order valence-corrected chi connectivity index (χ2v) is 9.77. The molecule has 6 N–H and O–H groups in total. The molecule has 0 aliphatic heterocycles. The Labute approximate surface area is 231 Å². The second kappa shape index (κ2) is 11.9. The number of anilines is 7. The first kappa shape index (κ1) is 26.0. The van der Waals surface area contributed by atoms with Crippen LogP contribution in [0.2, 0.25) is 0 Å². The maximum absolute atomic E-state index is 6.42. The fourth-order valence-corrected chi connectivity index (χ4v) is 4.73. The lowest BCUT2D eigenvalue weighted by Gasteiger charge is -2.26. The summed E-state index contributed by atoms with van der Waals surface area (Å²) in [5.74, 6) is 0. The summed E-state index contributed by atoms with van der Waals surface area (Å²) < 4.78 is 0. The largest absolute Gasteiger partial charge is 0.355 e. The van der Waals surface area contributed by atoms with Crippen LogP contribution in [0.5, 0.6) is 0 Å². The zero-order valence-corrected chi connectivity index (χ0v) is 22.4. The van der Waals surface area contributed by atoms with Crippen molar-refractivity contribution in [1.82, 2.24) is 0 Å². The average Bonchev–Trinajstić information content (AvgIpc) is 2.96. The number of nitrogens with two attached hydrogens (primary N) is 2. The fraction of sp³-hybridized carbons (Fsp3) is 0.118. The van der Waals surface area contributed by atoms with Gasteiger partial charge in [0.25, 0.3) is 0 Å². The number of nitrogens with zero attached hydrogens (tertiary/aromatic N) is 1. The van der Waals surface area contributed by atoms with E-state index in [1.165, 1.54) is 0 Å². The monoisotopic (exact) mass is 513 g/mol. The molecule has 2 unspecified atom stereocenters. The van der Waals surface area contributed by atoms with Gasteiger partial charge in [0.1, 0.15) is 0 Å². The molecule has 5 aromatic carbocycles. The van der Waals surface area contributed by atoms with Gasteiger partial charge in [0, 0.05) is 51.9 Å². The Morgan fingerprint density at radius 1 is 0.487 bits per heavy atom. The molecule has 5 heteroatoms. The van der Waals surface area contributed by atoms with E-state index < -0.39 is 0 Å². The molecule has 0 radical (unpaired) electrons. The Morgan fingerprint density at radius 3 is 1.31 bits per heavy atom. The molecule has 0 saturated heterocycles. The Hall–Kier alpha value is -4.58. The number of rotatable bonds is 9. The molecule has 5 aromatic rings. The van der Waals surface area contributed by atoms with Gasteiger partial charge in [-0.25, -0.2) is 0 Å². The molecule has 0 aliphatic rings. The maximum atomic E-state index is 6.42. The van der Waals surface area contributed by atoms with Gasteiger partial charge in [-0.3, -0.25) is 0 Å². The Kier molecular flexibility index (Phi) is 7.92. The molecule has 0 amide bonds. The maximum Gasteiger partial charge on any atom is 0.0463 e. The van der Waals surface area contributed by atoms with Gasteiger partial charge in [-0.1, -0.05) is 54.6 Å². The summed E-state index contributed by atoms with van der Waals surface area (Å²) in [6.07, 6.45) is 0. The first-order valence-electron chi connectivity index (χ1n) is 13.3. The van der Waals surface area contributed by atoms with Crippen molar-refractivity contribution >= 4 is 39.8 Å². The van der Waals surface area contributed by atoms with Crippen LogP contribution in [-0.2, 0) is 0 Å². The molecule has 0 spiro atoms. The van der Waals surface area contributed by atoms with Crippen LogP contribution in [0.25, 0.3) is 0 Å². The predicted octanol–water partition coefficient (Wildman–Crippen LogP) is 8.68. The highest BCUT2D eigenvalue weighted by Crippen LogP contribution is 2.37. The summed E-state index contributed by atoms with van der Waals surface area (Å²) in [7, 11) is 0. The summed E-state index contributed by atoms with van der Waals surface area (Å²) >= 11 is 0. The molecule has 0 aliphatic carbocycles. The Balaban J connectivity index is 1.48. The Bertz CT molecular complexity index is 1440. The van der Waals surface area contributed by atoms with E-state index in [0.29, 0.717) is 0 Å². The minimum atomic E-state index is -0.165. The van der Waals surface area contributed by atoms with Crippen LogP contribution in [0, 0.1) is 0 Å². The van der Waals surface area contributed by atoms with Crippen molar-refractivity contribution < 1.29 is 0 Å². The molecule has 0 bridgehead atoms. The van der Waals surface area contributed by atoms with Crippen molar-refractivity contribution in [2.75, 3.05) is 15.5 Å². The van der Waals surface area contributed by atoms with Crippen LogP contribution in [0.3, 0.4) is 0 Å². The SMILES string of the molecule is CC(N)c1cc(C(C)N)c(Nc2ccc(N(c3ccccc3)c3ccccc3)cc2)cc1Nc1ccccc1. The van der Waals surface area contributed by atoms with Gasteiger partial charge in [-0.05, 0) is 97.8 Å². The van der Waals surface area contributed by atoms with E-state index in [1.807, 2.05) is 56.3 Å². The van der Waals surface area contributed by atoms with Gasteiger partial charge in [0.15, 0.2) is 0 Å². The van der Waals surface area contributed by atoms with Crippen molar-refractivity contribution in [2.24, 2.45) is 11.5 Å². The first-order chi connectivity index (χ1) is 19.0. The zero-order valence-electron chi connectivity index (χ0n) is 22.4. The number of nitrogens with one attached hydrogen (secondary N) is 2. The highest BCUT2D eigenvalue weighted by atomic mass is 15.1. The third-order valence-corrected chi connectivity index (χ3v) is 6.69. The van der Waals surface area contributed by atoms with Crippen molar-refractivity contribution in [3.05, 3.63) is 139 Å². The van der Waals surface area contributed by atoms with Crippen LogP contribution in [0.4, 0.5) is 39.8 Å². The van der Waals surface area contributed by atoms with Gasteiger partial charge in [0.05, 0.1) is 0 Å². The molecule has 0 fully saturated rings. The van der Waals surface area contributed by atoms with Crippen molar-refractivity contribution in [1.29, 1.82) is 0 Å². The van der Waals surface area contributed by atoms with Crippen molar-refractivity contribution in [2.45, 2.75) is 25.9 Å². The van der Waals surface area contributed by atoms with Gasteiger partial charge in [-0.2, -0.15) is 0 Å². The number of benzene rings is 5. The standard InChI is InChI=1S/C34H35N5/c1-24(35)31-22-32(25(2)36)34(23-33(31)37-26-12-6-3-7-13-26)38-27-18-20-30(21-19-27)39(28-14-8-4-9-15-28)29-16-10-5-11-17-29/h3-25,37-38H,35-36H2,1-2H3. The normalized spacial score (nSPS) is 12.4. The minimum Gasteiger partial charge on any atom is -0.355 e. The molecule has 5 rings (SSSR count). The van der Waals surface area contributed by atoms with Crippen LogP contribution in [0.15, 0.2) is 127 Å². The second-order valence-electron chi connectivity index (χ2n) is 9.77. The van der Waals surface area contributed by atoms with E-state index in [1.54, 1.807) is 0 Å². The summed E-state index contributed by atoms with van der Waals surface area (Å²) in [6.45, 7) is 3.99. The molecule has 0 saturated carbocycles. The van der Waals surface area contributed by atoms with E-state index in [2.05, 4.69) is 100 Å². The third-order valence-electron chi connectivity index (χ3n) is 6.69. The molecular weight excluding hydrogens is 478 g/mol. The average molecular weight is 514 g/mol. The highest BCUT2D eigenvalue weighted by molar-refractivity contribution is 5.79. The molecule has 0 aromatic heterocycles. The van der Waals surface area contributed by atoms with Crippen LogP contribution in [0.1, 0.15) is 37.1 Å². The molecular formula is C34H35N5. The lowest BCUT2D eigenvalue weighted by Crippen LogP contribution is -2.14. The van der Waals surface area contributed by atoms with Crippen LogP contribution < -0.4 is 27.0 Å². The van der Waals surface area contributed by atoms with Gasteiger partial charge in [-0.15, -0.1) is 0 Å². The van der Waals surface area contributed by atoms with E-state index in [-0.39, 0.29) is 12.1 Å². The number of hydrogen-bond donors (Lipinski definition) is 4. The van der Waals surface area contributed by atoms with Crippen LogP contribution >= 0.6 is 0 Å². The smallest absolute Gasteiger partial charge is 0.0463 e. The summed E-state index contributed by atoms with van der Waals surface area (Å²) in [6, 6.07) is 43.3. The van der Waals surface area contributed by atoms with E-state index in [4.69, 9.17) is 11.5 Å². The molecule has 39 heavy (non-hydrogen) atoms. The molecule has 2 atom stereocenters. The lowest BCUT2D eigenvalue weighted by molar-refractivity contribution is 0.792. The van der Waals surface area contributed by atoms with E-state index >= 15 is 0 Å². The minimum absolute atomic E-state index is 0.149. The predicted molar refractivity (Wildman–Crippen MR) is 166 cm³/mol. The lowest BCUT2D eigenvalue weighted by atomic mass is 9.97. The summed E-state index contributed by atoms with van der Waals surface area (Å²) in [4.78, 5) is 2.25. The zero-order chi connectivity index (χ0) is 27.2. The van der Waals surface area contributed by atoms with Crippen molar-refractivity contribution in [3.63, 3.8) is 0 Å². The topological polar surface area (TPSA) is 79.3 Å². The summed E-state index contributed by atoms with van der Waals surface area (Å²) in [5.41, 5.74) is 22.0.